The second-order valence-corrected chi connectivity index (χ2v) is 2.95. The molecule has 0 spiro atoms. The molecule has 0 amide bonds. The number of hydrogen-bond donors (Lipinski definition) is 0. The Morgan fingerprint density at radius 2 is 1.71 bits per heavy atom. The third-order valence-corrected chi connectivity index (χ3v) is 1.33. The van der Waals surface area contributed by atoms with Crippen molar-refractivity contribution < 1.29 is 19.1 Å². The van der Waals surface area contributed by atoms with Gasteiger partial charge in [-0.2, -0.15) is 0 Å². The highest BCUT2D eigenvalue weighted by atomic mass is 16.5. The Balaban J connectivity index is 3.66. The summed E-state index contributed by atoms with van der Waals surface area (Å²) in [7, 11) is 0. The fraction of sp³-hybridized carbons (Fsp3) is 0.600. The molecule has 0 aliphatic heterocycles. The van der Waals surface area contributed by atoms with Crippen LogP contribution in [-0.4, -0.2) is 25.2 Å². The van der Waals surface area contributed by atoms with Crippen molar-refractivity contribution in [1.29, 1.82) is 0 Å². The third-order valence-electron chi connectivity index (χ3n) is 1.33. The monoisotopic (exact) mass is 200 g/mol. The van der Waals surface area contributed by atoms with Crippen molar-refractivity contribution in [3.63, 3.8) is 0 Å². The van der Waals surface area contributed by atoms with Gasteiger partial charge in [-0.25, -0.2) is 0 Å². The van der Waals surface area contributed by atoms with E-state index < -0.39 is 11.9 Å². The largest absolute Gasteiger partial charge is 0.466 e. The second-order valence-electron chi connectivity index (χ2n) is 2.95. The standard InChI is InChI=1S/C10H16O4/c1-4-13-9(11)7-10(12)14-6-5-8(2)3/h5H,4,6-7H2,1-3H3. The molecule has 0 radical (unpaired) electrons. The Morgan fingerprint density at radius 3 is 2.21 bits per heavy atom. The molecule has 0 aromatic carbocycles. The summed E-state index contributed by atoms with van der Waals surface area (Å²) < 4.78 is 9.34. The Labute approximate surface area is 83.9 Å². The van der Waals surface area contributed by atoms with Crippen molar-refractivity contribution >= 4 is 11.9 Å². The van der Waals surface area contributed by atoms with E-state index in [-0.39, 0.29) is 19.6 Å². The van der Waals surface area contributed by atoms with Crippen LogP contribution in [-0.2, 0) is 19.1 Å². The number of esters is 2. The minimum Gasteiger partial charge on any atom is -0.466 e. The van der Waals surface area contributed by atoms with Crippen LogP contribution in [0.25, 0.3) is 0 Å². The molecule has 0 saturated carbocycles. The molecule has 0 heterocycles. The fourth-order valence-corrected chi connectivity index (χ4v) is 0.682. The van der Waals surface area contributed by atoms with Crippen LogP contribution < -0.4 is 0 Å². The maximum atomic E-state index is 11.0. The van der Waals surface area contributed by atoms with Crippen LogP contribution in [0.2, 0.25) is 0 Å². The SMILES string of the molecule is CCOC(=O)CC(=O)OCC=C(C)C. The summed E-state index contributed by atoms with van der Waals surface area (Å²) in [5.41, 5.74) is 1.06. The topological polar surface area (TPSA) is 52.6 Å². The maximum absolute atomic E-state index is 11.0. The lowest BCUT2D eigenvalue weighted by atomic mass is 10.3. The third kappa shape index (κ3) is 7.34. The molecule has 0 aliphatic rings. The van der Waals surface area contributed by atoms with Crippen LogP contribution in [0.15, 0.2) is 11.6 Å². The maximum Gasteiger partial charge on any atom is 0.317 e. The first kappa shape index (κ1) is 12.7. The van der Waals surface area contributed by atoms with Gasteiger partial charge in [0.1, 0.15) is 13.0 Å². The van der Waals surface area contributed by atoms with Crippen molar-refractivity contribution in [2.45, 2.75) is 27.2 Å². The number of carbonyl (C=O) groups excluding carboxylic acids is 2. The normalized spacial score (nSPS) is 9.07. The van der Waals surface area contributed by atoms with Gasteiger partial charge in [-0.05, 0) is 26.8 Å². The summed E-state index contributed by atoms with van der Waals surface area (Å²) >= 11 is 0. The Morgan fingerprint density at radius 1 is 1.14 bits per heavy atom. The summed E-state index contributed by atoms with van der Waals surface area (Å²) in [6.45, 7) is 5.98. The van der Waals surface area contributed by atoms with E-state index in [1.807, 2.05) is 13.8 Å². The van der Waals surface area contributed by atoms with Crippen molar-refractivity contribution in [1.82, 2.24) is 0 Å². The summed E-state index contributed by atoms with van der Waals surface area (Å²) in [5.74, 6) is -1.10. The van der Waals surface area contributed by atoms with Gasteiger partial charge >= 0.3 is 11.9 Å². The summed E-state index contributed by atoms with van der Waals surface area (Å²) in [6, 6.07) is 0. The van der Waals surface area contributed by atoms with Crippen LogP contribution in [0.1, 0.15) is 27.2 Å². The quantitative estimate of drug-likeness (QED) is 0.383. The van der Waals surface area contributed by atoms with Crippen LogP contribution in [0.5, 0.6) is 0 Å². The zero-order chi connectivity index (χ0) is 11.0. The lowest BCUT2D eigenvalue weighted by Crippen LogP contribution is -2.13. The number of hydrogen-bond acceptors (Lipinski definition) is 4. The lowest BCUT2D eigenvalue weighted by molar-refractivity contribution is -0.153. The highest BCUT2D eigenvalue weighted by Crippen LogP contribution is 1.93. The van der Waals surface area contributed by atoms with Gasteiger partial charge in [0.05, 0.1) is 6.61 Å². The van der Waals surface area contributed by atoms with Crippen LogP contribution in [0, 0.1) is 0 Å². The fourth-order valence-electron chi connectivity index (χ4n) is 0.682. The van der Waals surface area contributed by atoms with Gasteiger partial charge in [-0.15, -0.1) is 0 Å². The predicted molar refractivity (Wildman–Crippen MR) is 51.6 cm³/mol. The van der Waals surface area contributed by atoms with Gasteiger partial charge in [-0.3, -0.25) is 9.59 Å². The molecule has 4 heteroatoms. The molecule has 14 heavy (non-hydrogen) atoms. The van der Waals surface area contributed by atoms with Gasteiger partial charge in [0.25, 0.3) is 0 Å². The zero-order valence-corrected chi connectivity index (χ0v) is 8.83. The first-order valence-electron chi connectivity index (χ1n) is 4.50. The molecular formula is C10H16O4. The molecule has 0 aromatic rings. The van der Waals surface area contributed by atoms with E-state index in [9.17, 15) is 9.59 Å². The van der Waals surface area contributed by atoms with Gasteiger partial charge in [0.15, 0.2) is 0 Å². The van der Waals surface area contributed by atoms with Crippen molar-refractivity contribution in [3.8, 4) is 0 Å². The van der Waals surface area contributed by atoms with Crippen LogP contribution >= 0.6 is 0 Å². The minimum absolute atomic E-state index is 0.209. The minimum atomic E-state index is -0.555. The molecule has 0 N–H and O–H groups in total. The molecule has 0 fully saturated rings. The number of ether oxygens (including phenoxy) is 2. The van der Waals surface area contributed by atoms with E-state index >= 15 is 0 Å². The first-order chi connectivity index (χ1) is 6.56. The van der Waals surface area contributed by atoms with Crippen LogP contribution in [0.4, 0.5) is 0 Å². The van der Waals surface area contributed by atoms with Crippen molar-refractivity contribution in [3.05, 3.63) is 11.6 Å². The molecule has 0 aliphatic carbocycles. The molecule has 0 rings (SSSR count). The summed E-state index contributed by atoms with van der Waals surface area (Å²) in [6.07, 6.45) is 1.45. The molecular weight excluding hydrogens is 184 g/mol. The zero-order valence-electron chi connectivity index (χ0n) is 8.83. The highest BCUT2D eigenvalue weighted by molar-refractivity contribution is 5.91. The Bertz CT molecular complexity index is 226. The van der Waals surface area contributed by atoms with E-state index in [0.717, 1.165) is 5.57 Å². The molecule has 0 atom stereocenters. The van der Waals surface area contributed by atoms with Crippen LogP contribution in [0.3, 0.4) is 0 Å². The van der Waals surface area contributed by atoms with E-state index in [0.29, 0.717) is 0 Å². The lowest BCUT2D eigenvalue weighted by Gasteiger charge is -2.02. The average molecular weight is 200 g/mol. The molecule has 0 saturated heterocycles. The Hall–Kier alpha value is -1.32. The highest BCUT2D eigenvalue weighted by Gasteiger charge is 2.10. The average Bonchev–Trinajstić information content (AvgIpc) is 2.03. The van der Waals surface area contributed by atoms with E-state index in [4.69, 9.17) is 4.74 Å². The van der Waals surface area contributed by atoms with Gasteiger partial charge in [0.2, 0.25) is 0 Å². The van der Waals surface area contributed by atoms with Crippen molar-refractivity contribution in [2.24, 2.45) is 0 Å². The smallest absolute Gasteiger partial charge is 0.317 e. The summed E-state index contributed by atoms with van der Waals surface area (Å²) in [5, 5.41) is 0. The number of rotatable bonds is 5. The van der Waals surface area contributed by atoms with E-state index in [1.54, 1.807) is 13.0 Å². The second kappa shape index (κ2) is 7.12. The molecule has 0 bridgehead atoms. The first-order valence-corrected chi connectivity index (χ1v) is 4.50. The molecule has 0 aromatic heterocycles. The Kier molecular flexibility index (Phi) is 6.45. The molecule has 0 unspecified atom stereocenters. The van der Waals surface area contributed by atoms with E-state index in [1.165, 1.54) is 0 Å². The van der Waals surface area contributed by atoms with E-state index in [2.05, 4.69) is 4.74 Å². The van der Waals surface area contributed by atoms with Gasteiger partial charge in [0, 0.05) is 0 Å². The number of allylic oxidation sites excluding steroid dienone is 1. The van der Waals surface area contributed by atoms with Gasteiger partial charge < -0.3 is 9.47 Å². The molecule has 80 valence electrons. The number of carbonyl (C=O) groups is 2. The van der Waals surface area contributed by atoms with Crippen molar-refractivity contribution in [2.75, 3.05) is 13.2 Å². The molecule has 4 nitrogen and oxygen atoms in total. The predicted octanol–water partition coefficient (Wildman–Crippen LogP) is 1.45. The van der Waals surface area contributed by atoms with Gasteiger partial charge in [-0.1, -0.05) is 5.57 Å². The summed E-state index contributed by atoms with van der Waals surface area (Å²) in [4.78, 5) is 21.8.